The Morgan fingerprint density at radius 3 is 2.55 bits per heavy atom. The summed E-state index contributed by atoms with van der Waals surface area (Å²) in [6, 6.07) is 24.5. The zero-order valence-electron chi connectivity index (χ0n) is 18.7. The molecular formula is C27H27N3O3. The molecule has 4 aromatic rings. The SMILES string of the molecule is Cc1ccc(C(CNC(=O)c2cc(-c3ccc4ccccc4c3)on2)N2CCOCC2)cc1. The lowest BCUT2D eigenvalue weighted by Gasteiger charge is -2.35. The third kappa shape index (κ3) is 4.82. The topological polar surface area (TPSA) is 67.6 Å². The molecule has 6 heteroatoms. The van der Waals surface area contributed by atoms with Crippen LogP contribution in [0.2, 0.25) is 0 Å². The van der Waals surface area contributed by atoms with Crippen molar-refractivity contribution in [3.63, 3.8) is 0 Å². The van der Waals surface area contributed by atoms with Gasteiger partial charge in [-0.05, 0) is 29.3 Å². The molecule has 33 heavy (non-hydrogen) atoms. The molecule has 0 radical (unpaired) electrons. The van der Waals surface area contributed by atoms with Gasteiger partial charge in [-0.25, -0.2) is 0 Å². The normalized spacial score (nSPS) is 15.4. The van der Waals surface area contributed by atoms with Gasteiger partial charge in [-0.15, -0.1) is 0 Å². The summed E-state index contributed by atoms with van der Waals surface area (Å²) in [5.41, 5.74) is 3.57. The molecule has 1 amide bonds. The maximum absolute atomic E-state index is 12.9. The van der Waals surface area contributed by atoms with Gasteiger partial charge in [0.15, 0.2) is 11.5 Å². The average molecular weight is 442 g/mol. The van der Waals surface area contributed by atoms with E-state index in [2.05, 4.69) is 58.7 Å². The first-order valence-electron chi connectivity index (χ1n) is 11.3. The summed E-state index contributed by atoms with van der Waals surface area (Å²) in [6.07, 6.45) is 0. The van der Waals surface area contributed by atoms with Crippen LogP contribution in [0.15, 0.2) is 77.3 Å². The number of rotatable bonds is 6. The van der Waals surface area contributed by atoms with Crippen molar-refractivity contribution in [2.75, 3.05) is 32.8 Å². The van der Waals surface area contributed by atoms with Crippen LogP contribution in [-0.4, -0.2) is 48.8 Å². The monoisotopic (exact) mass is 441 g/mol. The van der Waals surface area contributed by atoms with Gasteiger partial charge in [0.25, 0.3) is 5.91 Å². The number of morpholine rings is 1. The van der Waals surface area contributed by atoms with E-state index in [-0.39, 0.29) is 17.6 Å². The molecule has 5 rings (SSSR count). The van der Waals surface area contributed by atoms with E-state index in [0.717, 1.165) is 29.4 Å². The number of benzene rings is 3. The minimum absolute atomic E-state index is 0.0744. The average Bonchev–Trinajstić information content (AvgIpc) is 3.36. The lowest BCUT2D eigenvalue weighted by Crippen LogP contribution is -2.43. The standard InChI is InChI=1S/C27H27N3O3/c1-19-6-8-21(9-7-19)25(30-12-14-32-15-13-30)18-28-27(31)24-17-26(33-29-24)23-11-10-20-4-2-3-5-22(20)16-23/h2-11,16-17,25H,12-15,18H2,1H3,(H,28,31). The molecule has 1 aromatic heterocycles. The number of nitrogens with one attached hydrogen (secondary N) is 1. The van der Waals surface area contributed by atoms with E-state index in [4.69, 9.17) is 9.26 Å². The number of ether oxygens (including phenoxy) is 1. The Bertz CT molecular complexity index is 1240. The van der Waals surface area contributed by atoms with Gasteiger partial charge in [0.2, 0.25) is 0 Å². The second kappa shape index (κ2) is 9.57. The number of carbonyl (C=O) groups excluding carboxylic acids is 1. The summed E-state index contributed by atoms with van der Waals surface area (Å²) in [5.74, 6) is 0.338. The predicted molar refractivity (Wildman–Crippen MR) is 128 cm³/mol. The molecule has 1 fully saturated rings. The van der Waals surface area contributed by atoms with E-state index in [1.807, 2.05) is 30.3 Å². The molecule has 0 bridgehead atoms. The number of aromatic nitrogens is 1. The lowest BCUT2D eigenvalue weighted by molar-refractivity contribution is 0.0162. The van der Waals surface area contributed by atoms with Crippen LogP contribution in [0.4, 0.5) is 0 Å². The first-order valence-corrected chi connectivity index (χ1v) is 11.3. The molecule has 168 valence electrons. The van der Waals surface area contributed by atoms with E-state index < -0.39 is 0 Å². The molecule has 0 aliphatic carbocycles. The first-order chi connectivity index (χ1) is 16.2. The quantitative estimate of drug-likeness (QED) is 0.473. The molecule has 0 saturated carbocycles. The molecular weight excluding hydrogens is 414 g/mol. The molecule has 3 aromatic carbocycles. The van der Waals surface area contributed by atoms with Crippen molar-refractivity contribution in [1.82, 2.24) is 15.4 Å². The third-order valence-electron chi connectivity index (χ3n) is 6.18. The number of fused-ring (bicyclic) bond motifs is 1. The van der Waals surface area contributed by atoms with Gasteiger partial charge in [-0.1, -0.05) is 71.4 Å². The minimum atomic E-state index is -0.240. The van der Waals surface area contributed by atoms with Crippen LogP contribution in [0.25, 0.3) is 22.1 Å². The third-order valence-corrected chi connectivity index (χ3v) is 6.18. The molecule has 1 aliphatic heterocycles. The lowest BCUT2D eigenvalue weighted by atomic mass is 10.0. The fraction of sp³-hybridized carbons (Fsp3) is 0.259. The van der Waals surface area contributed by atoms with Crippen molar-refractivity contribution in [2.24, 2.45) is 0 Å². The van der Waals surface area contributed by atoms with E-state index >= 15 is 0 Å². The number of nitrogens with zero attached hydrogens (tertiary/aromatic N) is 2. The van der Waals surface area contributed by atoms with Gasteiger partial charge >= 0.3 is 0 Å². The molecule has 1 unspecified atom stereocenters. The fourth-order valence-corrected chi connectivity index (χ4v) is 4.28. The van der Waals surface area contributed by atoms with Crippen molar-refractivity contribution < 1.29 is 14.1 Å². The van der Waals surface area contributed by atoms with Crippen LogP contribution in [0.5, 0.6) is 0 Å². The highest BCUT2D eigenvalue weighted by molar-refractivity contribution is 5.93. The largest absolute Gasteiger partial charge is 0.379 e. The van der Waals surface area contributed by atoms with E-state index in [0.29, 0.717) is 25.5 Å². The molecule has 1 aliphatic rings. The Labute approximate surface area is 193 Å². The van der Waals surface area contributed by atoms with Crippen LogP contribution >= 0.6 is 0 Å². The Balaban J connectivity index is 1.30. The highest BCUT2D eigenvalue weighted by atomic mass is 16.5. The van der Waals surface area contributed by atoms with Crippen LogP contribution < -0.4 is 5.32 Å². The van der Waals surface area contributed by atoms with Crippen molar-refractivity contribution in [3.05, 3.63) is 89.6 Å². The summed E-state index contributed by atoms with van der Waals surface area (Å²) < 4.78 is 11.0. The Hall–Kier alpha value is -3.48. The van der Waals surface area contributed by atoms with Gasteiger partial charge in [0.05, 0.1) is 19.3 Å². The second-order valence-electron chi connectivity index (χ2n) is 8.42. The summed E-state index contributed by atoms with van der Waals surface area (Å²) in [5, 5.41) is 9.36. The van der Waals surface area contributed by atoms with Crippen molar-refractivity contribution in [2.45, 2.75) is 13.0 Å². The van der Waals surface area contributed by atoms with Gasteiger partial charge in [-0.3, -0.25) is 9.69 Å². The van der Waals surface area contributed by atoms with Crippen LogP contribution in [0.3, 0.4) is 0 Å². The molecule has 1 saturated heterocycles. The highest BCUT2D eigenvalue weighted by Crippen LogP contribution is 2.26. The maximum atomic E-state index is 12.9. The molecule has 0 spiro atoms. The smallest absolute Gasteiger partial charge is 0.273 e. The summed E-state index contributed by atoms with van der Waals surface area (Å²) in [4.78, 5) is 15.3. The number of carbonyl (C=O) groups is 1. The van der Waals surface area contributed by atoms with Gasteiger partial charge < -0.3 is 14.6 Å². The van der Waals surface area contributed by atoms with Crippen LogP contribution in [0.1, 0.15) is 27.7 Å². The van der Waals surface area contributed by atoms with Crippen LogP contribution in [-0.2, 0) is 4.74 Å². The minimum Gasteiger partial charge on any atom is -0.379 e. The Morgan fingerprint density at radius 1 is 1.00 bits per heavy atom. The van der Waals surface area contributed by atoms with Gasteiger partial charge in [0, 0.05) is 31.3 Å². The molecule has 1 N–H and O–H groups in total. The van der Waals surface area contributed by atoms with Crippen LogP contribution in [0, 0.1) is 6.92 Å². The first kappa shape index (κ1) is 21.4. The van der Waals surface area contributed by atoms with E-state index in [9.17, 15) is 4.79 Å². The zero-order valence-corrected chi connectivity index (χ0v) is 18.7. The predicted octanol–water partition coefficient (Wildman–Crippen LogP) is 4.61. The number of aryl methyl sites for hydroxylation is 1. The summed E-state index contributed by atoms with van der Waals surface area (Å²) in [7, 11) is 0. The molecule has 1 atom stereocenters. The number of hydrogen-bond acceptors (Lipinski definition) is 5. The Kier molecular flexibility index (Phi) is 6.19. The number of amides is 1. The zero-order chi connectivity index (χ0) is 22.6. The second-order valence-corrected chi connectivity index (χ2v) is 8.42. The molecule has 2 heterocycles. The van der Waals surface area contributed by atoms with E-state index in [1.165, 1.54) is 11.1 Å². The van der Waals surface area contributed by atoms with Crippen molar-refractivity contribution >= 4 is 16.7 Å². The van der Waals surface area contributed by atoms with Gasteiger partial charge in [-0.2, -0.15) is 0 Å². The Morgan fingerprint density at radius 2 is 1.76 bits per heavy atom. The van der Waals surface area contributed by atoms with Crippen molar-refractivity contribution in [1.29, 1.82) is 0 Å². The van der Waals surface area contributed by atoms with E-state index in [1.54, 1.807) is 6.07 Å². The number of hydrogen-bond donors (Lipinski definition) is 1. The highest BCUT2D eigenvalue weighted by Gasteiger charge is 2.24. The maximum Gasteiger partial charge on any atom is 0.273 e. The summed E-state index contributed by atoms with van der Waals surface area (Å²) in [6.45, 7) is 5.64. The fourth-order valence-electron chi connectivity index (χ4n) is 4.28. The van der Waals surface area contributed by atoms with Crippen molar-refractivity contribution in [3.8, 4) is 11.3 Å². The van der Waals surface area contributed by atoms with Gasteiger partial charge in [0.1, 0.15) is 0 Å². The molecule has 6 nitrogen and oxygen atoms in total. The summed E-state index contributed by atoms with van der Waals surface area (Å²) >= 11 is 0.